The summed E-state index contributed by atoms with van der Waals surface area (Å²) in [5, 5.41) is 3.15. The number of amides is 1. The number of sulfone groups is 1. The van der Waals surface area contributed by atoms with Crippen molar-refractivity contribution >= 4 is 15.7 Å². The summed E-state index contributed by atoms with van der Waals surface area (Å²) in [6.07, 6.45) is 0. The first kappa shape index (κ1) is 12.4. The molecule has 0 aromatic carbocycles. The molecule has 0 radical (unpaired) electrons. The number of piperazine rings is 1. The van der Waals surface area contributed by atoms with Crippen LogP contribution in [0.1, 0.15) is 13.8 Å². The zero-order valence-electron chi connectivity index (χ0n) is 9.19. The summed E-state index contributed by atoms with van der Waals surface area (Å²) in [4.78, 5) is 13.3. The minimum atomic E-state index is -3.20. The quantitative estimate of drug-likeness (QED) is 0.697. The van der Waals surface area contributed by atoms with E-state index in [2.05, 4.69) is 5.32 Å². The van der Waals surface area contributed by atoms with Crippen LogP contribution in [0.4, 0.5) is 0 Å². The van der Waals surface area contributed by atoms with Crippen LogP contribution in [-0.4, -0.2) is 56.4 Å². The highest BCUT2D eigenvalue weighted by molar-refractivity contribution is 7.92. The second-order valence-corrected chi connectivity index (χ2v) is 6.17. The van der Waals surface area contributed by atoms with Crippen molar-refractivity contribution in [2.24, 2.45) is 0 Å². The van der Waals surface area contributed by atoms with Gasteiger partial charge in [-0.05, 0) is 6.92 Å². The molecule has 0 spiro atoms. The molecule has 5 nitrogen and oxygen atoms in total. The molecular weight excluding hydrogens is 216 g/mol. The van der Waals surface area contributed by atoms with Crippen molar-refractivity contribution < 1.29 is 13.2 Å². The zero-order chi connectivity index (χ0) is 11.5. The highest BCUT2D eigenvalue weighted by atomic mass is 32.2. The number of rotatable bonds is 3. The second kappa shape index (κ2) is 4.94. The molecule has 15 heavy (non-hydrogen) atoms. The largest absolute Gasteiger partial charge is 0.337 e. The maximum atomic E-state index is 11.7. The maximum Gasteiger partial charge on any atom is 0.238 e. The molecule has 88 valence electrons. The monoisotopic (exact) mass is 234 g/mol. The molecule has 6 heteroatoms. The molecule has 0 aromatic rings. The van der Waals surface area contributed by atoms with Gasteiger partial charge in [-0.25, -0.2) is 8.42 Å². The van der Waals surface area contributed by atoms with Gasteiger partial charge in [0.15, 0.2) is 9.84 Å². The minimum Gasteiger partial charge on any atom is -0.337 e. The highest BCUT2D eigenvalue weighted by Gasteiger charge is 2.26. The molecule has 0 bridgehead atoms. The first-order valence-electron chi connectivity index (χ1n) is 5.17. The Morgan fingerprint density at radius 2 is 2.20 bits per heavy atom. The Bertz CT molecular complexity index is 326. The molecule has 1 aliphatic rings. The van der Waals surface area contributed by atoms with E-state index in [0.717, 1.165) is 13.1 Å². The van der Waals surface area contributed by atoms with Gasteiger partial charge in [-0.3, -0.25) is 4.79 Å². The molecule has 1 atom stereocenters. The molecule has 1 amide bonds. The summed E-state index contributed by atoms with van der Waals surface area (Å²) >= 11 is 0. The van der Waals surface area contributed by atoms with Gasteiger partial charge in [0.25, 0.3) is 0 Å². The standard InChI is InChI=1S/C9H18N2O3S/c1-3-15(13,14)7-9(12)11-5-4-10-6-8(11)2/h8,10H,3-7H2,1-2H3. The second-order valence-electron chi connectivity index (χ2n) is 3.82. The SMILES string of the molecule is CCS(=O)(=O)CC(=O)N1CCNCC1C. The van der Waals surface area contributed by atoms with Crippen LogP contribution in [-0.2, 0) is 14.6 Å². The Hall–Kier alpha value is -0.620. The first-order chi connectivity index (χ1) is 6.96. The lowest BCUT2D eigenvalue weighted by molar-refractivity contribution is -0.131. The molecule has 1 N–H and O–H groups in total. The Morgan fingerprint density at radius 3 is 2.73 bits per heavy atom. The lowest BCUT2D eigenvalue weighted by Crippen LogP contribution is -2.53. The maximum absolute atomic E-state index is 11.7. The van der Waals surface area contributed by atoms with Gasteiger partial charge in [-0.2, -0.15) is 0 Å². The zero-order valence-corrected chi connectivity index (χ0v) is 10.0. The Balaban J connectivity index is 2.60. The molecule has 1 saturated heterocycles. The predicted molar refractivity (Wildman–Crippen MR) is 58.4 cm³/mol. The van der Waals surface area contributed by atoms with Crippen LogP contribution in [0.3, 0.4) is 0 Å². The average molecular weight is 234 g/mol. The van der Waals surface area contributed by atoms with Crippen LogP contribution in [0, 0.1) is 0 Å². The van der Waals surface area contributed by atoms with Gasteiger partial charge in [-0.1, -0.05) is 6.92 Å². The van der Waals surface area contributed by atoms with E-state index in [4.69, 9.17) is 0 Å². The number of carbonyl (C=O) groups is 1. The van der Waals surface area contributed by atoms with Crippen molar-refractivity contribution in [1.29, 1.82) is 0 Å². The van der Waals surface area contributed by atoms with E-state index in [-0.39, 0.29) is 23.5 Å². The number of hydrogen-bond donors (Lipinski definition) is 1. The van der Waals surface area contributed by atoms with Crippen molar-refractivity contribution in [1.82, 2.24) is 10.2 Å². The highest BCUT2D eigenvalue weighted by Crippen LogP contribution is 2.04. The van der Waals surface area contributed by atoms with E-state index < -0.39 is 9.84 Å². The molecule has 1 fully saturated rings. The molecule has 1 unspecified atom stereocenters. The van der Waals surface area contributed by atoms with E-state index in [1.165, 1.54) is 0 Å². The molecule has 0 saturated carbocycles. The molecule has 0 aromatic heterocycles. The number of carbonyl (C=O) groups excluding carboxylic acids is 1. The van der Waals surface area contributed by atoms with Crippen LogP contribution >= 0.6 is 0 Å². The summed E-state index contributed by atoms with van der Waals surface area (Å²) < 4.78 is 22.6. The van der Waals surface area contributed by atoms with E-state index >= 15 is 0 Å². The van der Waals surface area contributed by atoms with Gasteiger partial charge < -0.3 is 10.2 Å². The smallest absolute Gasteiger partial charge is 0.238 e. The van der Waals surface area contributed by atoms with Crippen molar-refractivity contribution in [2.45, 2.75) is 19.9 Å². The topological polar surface area (TPSA) is 66.5 Å². The van der Waals surface area contributed by atoms with Crippen LogP contribution in [0.2, 0.25) is 0 Å². The van der Waals surface area contributed by atoms with Crippen molar-refractivity contribution in [3.63, 3.8) is 0 Å². The third-order valence-corrected chi connectivity index (χ3v) is 4.17. The summed E-state index contributed by atoms with van der Waals surface area (Å²) in [5.41, 5.74) is 0. The molecule has 0 aliphatic carbocycles. The Labute approximate surface area is 90.7 Å². The lowest BCUT2D eigenvalue weighted by atomic mass is 10.2. The molecular formula is C9H18N2O3S. The van der Waals surface area contributed by atoms with Crippen molar-refractivity contribution in [2.75, 3.05) is 31.1 Å². The first-order valence-corrected chi connectivity index (χ1v) is 6.99. The fourth-order valence-electron chi connectivity index (χ4n) is 1.58. The fraction of sp³-hybridized carbons (Fsp3) is 0.889. The van der Waals surface area contributed by atoms with Crippen molar-refractivity contribution in [3.05, 3.63) is 0 Å². The minimum absolute atomic E-state index is 0.0270. The van der Waals surface area contributed by atoms with E-state index in [0.29, 0.717) is 6.54 Å². The third-order valence-electron chi connectivity index (χ3n) is 2.60. The van der Waals surface area contributed by atoms with Gasteiger partial charge in [0, 0.05) is 31.4 Å². The summed E-state index contributed by atoms with van der Waals surface area (Å²) in [5.74, 6) is -0.599. The van der Waals surface area contributed by atoms with Gasteiger partial charge in [0.2, 0.25) is 5.91 Å². The van der Waals surface area contributed by atoms with E-state index in [9.17, 15) is 13.2 Å². The van der Waals surface area contributed by atoms with Gasteiger partial charge >= 0.3 is 0 Å². The molecule has 1 aliphatic heterocycles. The summed E-state index contributed by atoms with van der Waals surface area (Å²) in [6.45, 7) is 5.55. The number of nitrogens with one attached hydrogen (secondary N) is 1. The van der Waals surface area contributed by atoms with E-state index in [1.54, 1.807) is 11.8 Å². The molecule has 1 heterocycles. The van der Waals surface area contributed by atoms with Gasteiger partial charge in [-0.15, -0.1) is 0 Å². The van der Waals surface area contributed by atoms with Gasteiger partial charge in [0.1, 0.15) is 5.75 Å². The molecule has 1 rings (SSSR count). The van der Waals surface area contributed by atoms with Crippen LogP contribution in [0.15, 0.2) is 0 Å². The number of hydrogen-bond acceptors (Lipinski definition) is 4. The summed E-state index contributed by atoms with van der Waals surface area (Å²) in [7, 11) is -3.20. The summed E-state index contributed by atoms with van der Waals surface area (Å²) in [6, 6.07) is 0.0818. The van der Waals surface area contributed by atoms with E-state index in [1.807, 2.05) is 6.92 Å². The van der Waals surface area contributed by atoms with Crippen molar-refractivity contribution in [3.8, 4) is 0 Å². The average Bonchev–Trinajstić information content (AvgIpc) is 2.17. The van der Waals surface area contributed by atoms with Gasteiger partial charge in [0.05, 0.1) is 0 Å². The third kappa shape index (κ3) is 3.46. The van der Waals surface area contributed by atoms with Crippen LogP contribution < -0.4 is 5.32 Å². The van der Waals surface area contributed by atoms with Crippen LogP contribution in [0.5, 0.6) is 0 Å². The number of nitrogens with zero attached hydrogens (tertiary/aromatic N) is 1. The normalized spacial score (nSPS) is 22.8. The Morgan fingerprint density at radius 1 is 1.53 bits per heavy atom. The fourth-order valence-corrected chi connectivity index (χ4v) is 2.33. The lowest BCUT2D eigenvalue weighted by Gasteiger charge is -2.33. The predicted octanol–water partition coefficient (Wildman–Crippen LogP) is -0.759. The Kier molecular flexibility index (Phi) is 4.10. The van der Waals surface area contributed by atoms with Crippen LogP contribution in [0.25, 0.3) is 0 Å².